The zero-order valence-electron chi connectivity index (χ0n) is 11.5. The predicted molar refractivity (Wildman–Crippen MR) is 71.8 cm³/mol. The van der Waals surface area contributed by atoms with E-state index in [4.69, 9.17) is 9.47 Å². The van der Waals surface area contributed by atoms with Crippen molar-refractivity contribution in [3.05, 3.63) is 0 Å². The Morgan fingerprint density at radius 3 is 2.40 bits per heavy atom. The maximum Gasteiger partial charge on any atom is 0.226 e. The molecule has 0 aromatic carbocycles. The zero-order chi connectivity index (χ0) is 14.2. The van der Waals surface area contributed by atoms with E-state index in [1.54, 1.807) is 4.90 Å². The first-order valence-corrected chi connectivity index (χ1v) is 9.09. The number of ether oxygens (including phenoxy) is 2. The van der Waals surface area contributed by atoms with E-state index in [0.717, 1.165) is 0 Å². The second kappa shape index (κ2) is 5.27. The third-order valence-corrected chi connectivity index (χ3v) is 6.28. The van der Waals surface area contributed by atoms with Gasteiger partial charge in [-0.25, -0.2) is 8.42 Å². The zero-order valence-corrected chi connectivity index (χ0v) is 12.4. The lowest BCUT2D eigenvalue weighted by Crippen LogP contribution is -2.50. The molecule has 0 saturated carbocycles. The van der Waals surface area contributed by atoms with Gasteiger partial charge in [-0.15, -0.1) is 0 Å². The summed E-state index contributed by atoms with van der Waals surface area (Å²) >= 11 is 0. The number of rotatable bonds is 1. The Hall–Kier alpha value is -0.660. The molecule has 0 radical (unpaired) electrons. The van der Waals surface area contributed by atoms with Crippen LogP contribution >= 0.6 is 0 Å². The van der Waals surface area contributed by atoms with E-state index in [1.807, 2.05) is 0 Å². The molecule has 20 heavy (non-hydrogen) atoms. The molecule has 3 aliphatic heterocycles. The van der Waals surface area contributed by atoms with Crippen LogP contribution in [-0.4, -0.2) is 62.8 Å². The molecule has 7 heteroatoms. The van der Waals surface area contributed by atoms with Gasteiger partial charge in [0.25, 0.3) is 0 Å². The Labute approximate surface area is 119 Å². The number of carbonyl (C=O) groups excluding carboxylic acids is 1. The first-order chi connectivity index (χ1) is 9.50. The van der Waals surface area contributed by atoms with E-state index in [2.05, 4.69) is 0 Å². The van der Waals surface area contributed by atoms with E-state index < -0.39 is 15.6 Å². The van der Waals surface area contributed by atoms with Crippen LogP contribution in [0.25, 0.3) is 0 Å². The van der Waals surface area contributed by atoms with Crippen LogP contribution in [0.15, 0.2) is 0 Å². The summed E-state index contributed by atoms with van der Waals surface area (Å²) in [5, 5.41) is 0. The molecule has 114 valence electrons. The normalized spacial score (nSPS) is 32.4. The molecule has 0 N–H and O–H groups in total. The second-order valence-corrected chi connectivity index (χ2v) is 8.12. The smallest absolute Gasteiger partial charge is 0.226 e. The number of nitrogens with zero attached hydrogens (tertiary/aromatic N) is 1. The number of hydrogen-bond acceptors (Lipinski definition) is 5. The summed E-state index contributed by atoms with van der Waals surface area (Å²) in [7, 11) is -3.03. The van der Waals surface area contributed by atoms with E-state index in [0.29, 0.717) is 52.0 Å². The van der Waals surface area contributed by atoms with Gasteiger partial charge >= 0.3 is 0 Å². The van der Waals surface area contributed by atoms with Gasteiger partial charge in [0.2, 0.25) is 5.91 Å². The topological polar surface area (TPSA) is 72.9 Å². The van der Waals surface area contributed by atoms with Crippen molar-refractivity contribution in [1.82, 2.24) is 4.90 Å². The molecule has 1 atom stereocenters. The lowest BCUT2D eigenvalue weighted by molar-refractivity contribution is -0.188. The van der Waals surface area contributed by atoms with Crippen LogP contribution in [0, 0.1) is 5.92 Å². The van der Waals surface area contributed by atoms with Crippen molar-refractivity contribution >= 4 is 15.7 Å². The van der Waals surface area contributed by atoms with Crippen LogP contribution in [-0.2, 0) is 24.1 Å². The molecule has 0 aromatic heterocycles. The maximum atomic E-state index is 12.4. The fourth-order valence-electron chi connectivity index (χ4n) is 3.33. The van der Waals surface area contributed by atoms with Crippen molar-refractivity contribution in [1.29, 1.82) is 0 Å². The van der Waals surface area contributed by atoms with E-state index >= 15 is 0 Å². The van der Waals surface area contributed by atoms with Gasteiger partial charge in [0, 0.05) is 25.9 Å². The molecule has 3 fully saturated rings. The van der Waals surface area contributed by atoms with Crippen molar-refractivity contribution in [3.63, 3.8) is 0 Å². The Morgan fingerprint density at radius 1 is 1.15 bits per heavy atom. The van der Waals surface area contributed by atoms with Crippen molar-refractivity contribution in [2.75, 3.05) is 37.8 Å². The van der Waals surface area contributed by atoms with Crippen LogP contribution in [0.4, 0.5) is 0 Å². The molecular formula is C13H21NO5S. The Balaban J connectivity index is 1.59. The standard InChI is InChI=1S/C13H21NO5S/c15-12(11-2-1-9-20(16,17)10-11)14-5-3-13(4-6-14)18-7-8-19-13/h11H,1-10H2. The molecule has 1 spiro atoms. The second-order valence-electron chi connectivity index (χ2n) is 5.89. The molecule has 3 rings (SSSR count). The third-order valence-electron chi connectivity index (χ3n) is 4.46. The number of piperidine rings is 1. The van der Waals surface area contributed by atoms with Gasteiger partial charge in [0.1, 0.15) is 0 Å². The number of likely N-dealkylation sites (tertiary alicyclic amines) is 1. The fraction of sp³-hybridized carbons (Fsp3) is 0.923. The average molecular weight is 303 g/mol. The minimum atomic E-state index is -3.03. The molecule has 0 aliphatic carbocycles. The molecule has 0 bridgehead atoms. The minimum absolute atomic E-state index is 0.0129. The highest BCUT2D eigenvalue weighted by Gasteiger charge is 2.42. The van der Waals surface area contributed by atoms with Gasteiger partial charge in [-0.05, 0) is 12.8 Å². The number of hydrogen-bond donors (Lipinski definition) is 0. The third kappa shape index (κ3) is 2.84. The van der Waals surface area contributed by atoms with Gasteiger partial charge in [0.05, 0.1) is 30.6 Å². The maximum absolute atomic E-state index is 12.4. The summed E-state index contributed by atoms with van der Waals surface area (Å²) in [6.45, 7) is 2.42. The minimum Gasteiger partial charge on any atom is -0.347 e. The van der Waals surface area contributed by atoms with E-state index in [9.17, 15) is 13.2 Å². The number of amides is 1. The van der Waals surface area contributed by atoms with Crippen LogP contribution < -0.4 is 0 Å². The molecule has 3 aliphatic rings. The van der Waals surface area contributed by atoms with E-state index in [-0.39, 0.29) is 23.3 Å². The van der Waals surface area contributed by atoms with Gasteiger partial charge < -0.3 is 14.4 Å². The molecular weight excluding hydrogens is 282 g/mol. The first-order valence-electron chi connectivity index (χ1n) is 7.27. The largest absolute Gasteiger partial charge is 0.347 e. The highest BCUT2D eigenvalue weighted by molar-refractivity contribution is 7.91. The monoisotopic (exact) mass is 303 g/mol. The van der Waals surface area contributed by atoms with E-state index in [1.165, 1.54) is 0 Å². The van der Waals surface area contributed by atoms with Crippen LogP contribution in [0.5, 0.6) is 0 Å². The molecule has 1 unspecified atom stereocenters. The van der Waals surface area contributed by atoms with Crippen LogP contribution in [0.3, 0.4) is 0 Å². The average Bonchev–Trinajstić information content (AvgIpc) is 2.86. The Kier molecular flexibility index (Phi) is 3.77. The predicted octanol–water partition coefficient (Wildman–Crippen LogP) is 0.177. The summed E-state index contributed by atoms with van der Waals surface area (Å²) in [6.07, 6.45) is 2.64. The summed E-state index contributed by atoms with van der Waals surface area (Å²) in [6, 6.07) is 0. The van der Waals surface area contributed by atoms with Gasteiger partial charge in [-0.2, -0.15) is 0 Å². The summed E-state index contributed by atoms with van der Waals surface area (Å²) in [4.78, 5) is 14.2. The number of carbonyl (C=O) groups is 1. The summed E-state index contributed by atoms with van der Waals surface area (Å²) < 4.78 is 34.5. The Morgan fingerprint density at radius 2 is 1.80 bits per heavy atom. The SMILES string of the molecule is O=C(C1CCCS(=O)(=O)C1)N1CCC2(CC1)OCCO2. The fourth-order valence-corrected chi connectivity index (χ4v) is 5.02. The highest BCUT2D eigenvalue weighted by atomic mass is 32.2. The molecule has 6 nitrogen and oxygen atoms in total. The van der Waals surface area contributed by atoms with Crippen molar-refractivity contribution in [2.24, 2.45) is 5.92 Å². The lowest BCUT2D eigenvalue weighted by atomic mass is 9.99. The van der Waals surface area contributed by atoms with Gasteiger partial charge in [0.15, 0.2) is 15.6 Å². The van der Waals surface area contributed by atoms with Gasteiger partial charge in [-0.1, -0.05) is 0 Å². The highest BCUT2D eigenvalue weighted by Crippen LogP contribution is 2.32. The number of sulfone groups is 1. The van der Waals surface area contributed by atoms with Gasteiger partial charge in [-0.3, -0.25) is 4.79 Å². The lowest BCUT2D eigenvalue weighted by Gasteiger charge is -2.39. The van der Waals surface area contributed by atoms with Crippen molar-refractivity contribution in [2.45, 2.75) is 31.5 Å². The van der Waals surface area contributed by atoms with Crippen molar-refractivity contribution in [3.8, 4) is 0 Å². The first kappa shape index (κ1) is 14.3. The summed E-state index contributed by atoms with van der Waals surface area (Å²) in [5.41, 5.74) is 0. The van der Waals surface area contributed by atoms with Crippen molar-refractivity contribution < 1.29 is 22.7 Å². The summed E-state index contributed by atoms with van der Waals surface area (Å²) in [5.74, 6) is -0.619. The van der Waals surface area contributed by atoms with Crippen LogP contribution in [0.1, 0.15) is 25.7 Å². The molecule has 3 heterocycles. The molecule has 0 aromatic rings. The quantitative estimate of drug-likeness (QED) is 0.691. The Bertz CT molecular complexity index is 473. The molecule has 3 saturated heterocycles. The van der Waals surface area contributed by atoms with Crippen LogP contribution in [0.2, 0.25) is 0 Å². The molecule has 1 amide bonds.